The molecule has 1 saturated heterocycles. The molecule has 0 bridgehead atoms. The van der Waals surface area contributed by atoms with Crippen LogP contribution in [0.2, 0.25) is 0 Å². The Hall–Kier alpha value is -1.68. The molecule has 0 spiro atoms. The minimum absolute atomic E-state index is 0. The van der Waals surface area contributed by atoms with Crippen molar-refractivity contribution in [1.29, 1.82) is 0 Å². The molecule has 35 heavy (non-hydrogen) atoms. The molecule has 2 N–H and O–H groups in total. The molecule has 0 atom stereocenters. The molecular formula is C29H36Cl2N2ORu. The fourth-order valence-electron chi connectivity index (χ4n) is 5.02. The Labute approximate surface area is 229 Å². The van der Waals surface area contributed by atoms with Gasteiger partial charge in [-0.3, -0.25) is 0 Å². The third-order valence-electron chi connectivity index (χ3n) is 6.14. The normalized spacial score (nSPS) is 12.7. The van der Waals surface area contributed by atoms with Crippen molar-refractivity contribution in [3.63, 3.8) is 0 Å². The summed E-state index contributed by atoms with van der Waals surface area (Å²) in [5.41, 5.74) is 12.8. The quantitative estimate of drug-likeness (QED) is 0.362. The van der Waals surface area contributed by atoms with Crippen LogP contribution in [0.25, 0.3) is 11.1 Å². The van der Waals surface area contributed by atoms with Crippen molar-refractivity contribution in [2.24, 2.45) is 0 Å². The number of methoxy groups -OCH3 is 1. The third kappa shape index (κ3) is 6.18. The predicted molar refractivity (Wildman–Crippen MR) is 152 cm³/mol. The molecular weight excluding hydrogens is 564 g/mol. The smallest absolute Gasteiger partial charge is 0.147 e. The van der Waals surface area contributed by atoms with Crippen LogP contribution in [-0.4, -0.2) is 28.7 Å². The number of ether oxygens (including phenoxy) is 1. The standard InChI is InChI=1S/C26H28O.C3H6N2.2ClH.Ru/c1-16-11-18(3)24(19(4)12-16)15-22-9-8-10-23(26(22)27-7)25-20(5)13-17(2)14-21(25)6;1-2-5-3-4-1;;;/h8-14H,1-7H3;4-5H,1-2H2;2*1H;. The van der Waals surface area contributed by atoms with Crippen LogP contribution in [0, 0.1) is 41.5 Å². The van der Waals surface area contributed by atoms with Crippen molar-refractivity contribution >= 4 is 33.3 Å². The first-order valence-corrected chi connectivity index (χ1v) is 13.2. The average Bonchev–Trinajstić information content (AvgIpc) is 3.24. The molecule has 3 nitrogen and oxygen atoms in total. The first kappa shape index (κ1) is 29.6. The summed E-state index contributed by atoms with van der Waals surface area (Å²) in [6.45, 7) is 15.2. The molecule has 0 saturated carbocycles. The van der Waals surface area contributed by atoms with E-state index in [9.17, 15) is 0 Å². The van der Waals surface area contributed by atoms with Crippen LogP contribution >= 0.6 is 24.8 Å². The Morgan fingerprint density at radius 2 is 1.29 bits per heavy atom. The van der Waals surface area contributed by atoms with Gasteiger partial charge in [-0.25, -0.2) is 0 Å². The molecule has 1 aliphatic rings. The average molecular weight is 601 g/mol. The Balaban J connectivity index is 0.00000216. The van der Waals surface area contributed by atoms with Gasteiger partial charge in [0.05, 0.1) is 0 Å². The number of aryl methyl sites for hydroxylation is 6. The van der Waals surface area contributed by atoms with Gasteiger partial charge in [-0.05, 0) is 0 Å². The molecule has 1 fully saturated rings. The van der Waals surface area contributed by atoms with Crippen molar-refractivity contribution in [2.75, 3.05) is 20.2 Å². The first-order chi connectivity index (χ1) is 15.8. The number of nitrogens with one attached hydrogen (secondary N) is 2. The van der Waals surface area contributed by atoms with Gasteiger partial charge in [0.25, 0.3) is 0 Å². The molecule has 3 aromatic carbocycles. The van der Waals surface area contributed by atoms with E-state index in [0.29, 0.717) is 0 Å². The number of rotatable bonds is 4. The van der Waals surface area contributed by atoms with Crippen molar-refractivity contribution < 1.29 is 21.0 Å². The Morgan fingerprint density at radius 3 is 1.80 bits per heavy atom. The number of benzene rings is 3. The number of para-hydroxylation sites is 1. The van der Waals surface area contributed by atoms with Gasteiger partial charge >= 0.3 is 206 Å². The van der Waals surface area contributed by atoms with E-state index in [1.807, 2.05) is 7.11 Å². The van der Waals surface area contributed by atoms with Crippen LogP contribution in [0.3, 0.4) is 0 Å². The van der Waals surface area contributed by atoms with E-state index in [1.54, 1.807) is 0 Å². The summed E-state index contributed by atoms with van der Waals surface area (Å²) >= 11 is -0.212. The minimum atomic E-state index is -0.212. The molecule has 4 rings (SSSR count). The van der Waals surface area contributed by atoms with E-state index < -0.39 is 0 Å². The third-order valence-corrected chi connectivity index (χ3v) is 8.53. The zero-order chi connectivity index (χ0) is 23.7. The predicted octanol–water partition coefficient (Wildman–Crippen LogP) is 5.99. The fourth-order valence-corrected chi connectivity index (χ4v) is 7.68. The monoisotopic (exact) mass is 600 g/mol. The van der Waals surface area contributed by atoms with Gasteiger partial charge in [0, 0.05) is 0 Å². The largest absolute Gasteiger partial charge is 0.147 e. The van der Waals surface area contributed by atoms with Crippen LogP contribution in [0.5, 0.6) is 5.75 Å². The van der Waals surface area contributed by atoms with Crippen molar-refractivity contribution in [3.8, 4) is 16.9 Å². The zero-order valence-electron chi connectivity index (χ0n) is 21.5. The maximum atomic E-state index is 6.19. The van der Waals surface area contributed by atoms with E-state index in [0.717, 1.165) is 18.8 Å². The van der Waals surface area contributed by atoms with Gasteiger partial charge in [0.1, 0.15) is 0 Å². The summed E-state index contributed by atoms with van der Waals surface area (Å²) in [5, 5.41) is 7.14. The van der Waals surface area contributed by atoms with Gasteiger partial charge in [0.2, 0.25) is 0 Å². The van der Waals surface area contributed by atoms with Gasteiger partial charge < -0.3 is 0 Å². The summed E-state index contributed by atoms with van der Waals surface area (Å²) in [5.74, 6) is 0.967. The molecule has 0 radical (unpaired) electrons. The Morgan fingerprint density at radius 1 is 0.771 bits per heavy atom. The second-order valence-electron chi connectivity index (χ2n) is 8.98. The molecule has 0 unspecified atom stereocenters. The SMILES string of the molecule is COc1c([C](=[Ru]=[C]2NCCN2)c2c(C)cc(C)cc2C)cccc1-c1c(C)cc(C)cc1C.Cl.Cl. The molecule has 1 heterocycles. The minimum Gasteiger partial charge on any atom is -0.147 e. The van der Waals surface area contributed by atoms with E-state index in [1.165, 1.54) is 64.1 Å². The molecule has 6 heteroatoms. The van der Waals surface area contributed by atoms with Crippen molar-refractivity contribution in [2.45, 2.75) is 41.5 Å². The molecule has 1 aliphatic heterocycles. The van der Waals surface area contributed by atoms with Crippen molar-refractivity contribution in [3.05, 3.63) is 87.0 Å². The first-order valence-electron chi connectivity index (χ1n) is 11.5. The zero-order valence-corrected chi connectivity index (χ0v) is 24.9. The van der Waals surface area contributed by atoms with E-state index in [4.69, 9.17) is 4.74 Å². The van der Waals surface area contributed by atoms with E-state index in [2.05, 4.69) is 94.6 Å². The molecule has 0 amide bonds. The van der Waals surface area contributed by atoms with E-state index >= 15 is 0 Å². The molecule has 190 valence electrons. The van der Waals surface area contributed by atoms with Gasteiger partial charge in [-0.2, -0.15) is 0 Å². The summed E-state index contributed by atoms with van der Waals surface area (Å²) in [4.78, 5) is 0. The van der Waals surface area contributed by atoms with Gasteiger partial charge in [-0.1, -0.05) is 0 Å². The van der Waals surface area contributed by atoms with Crippen molar-refractivity contribution in [1.82, 2.24) is 10.6 Å². The summed E-state index contributed by atoms with van der Waals surface area (Å²) in [6, 6.07) is 15.8. The number of halogens is 2. The summed E-state index contributed by atoms with van der Waals surface area (Å²) in [7, 11) is 1.81. The van der Waals surface area contributed by atoms with Crippen LogP contribution in [-0.2, 0) is 16.2 Å². The maximum Gasteiger partial charge on any atom is -0.147 e. The Kier molecular flexibility index (Phi) is 10.6. The summed E-state index contributed by atoms with van der Waals surface area (Å²) < 4.78 is 8.84. The van der Waals surface area contributed by atoms with Crippen LogP contribution < -0.4 is 15.4 Å². The van der Waals surface area contributed by atoms with Crippen LogP contribution in [0.4, 0.5) is 0 Å². The summed E-state index contributed by atoms with van der Waals surface area (Å²) in [6.07, 6.45) is 0. The molecule has 3 aromatic rings. The molecule has 0 aliphatic carbocycles. The fraction of sp³-hybridized carbons (Fsp3) is 0.310. The van der Waals surface area contributed by atoms with Gasteiger partial charge in [0.15, 0.2) is 0 Å². The second kappa shape index (κ2) is 12.5. The van der Waals surface area contributed by atoms with Gasteiger partial charge in [-0.15, -0.1) is 24.8 Å². The number of hydrogen-bond acceptors (Lipinski definition) is 3. The number of hydrogen-bond donors (Lipinski definition) is 2. The van der Waals surface area contributed by atoms with Crippen LogP contribution in [0.15, 0.2) is 42.5 Å². The van der Waals surface area contributed by atoms with Crippen LogP contribution in [0.1, 0.15) is 44.5 Å². The molecule has 0 aromatic heterocycles. The Bertz CT molecular complexity index is 1260. The topological polar surface area (TPSA) is 33.3 Å². The van der Waals surface area contributed by atoms with E-state index in [-0.39, 0.29) is 41.0 Å². The second-order valence-corrected chi connectivity index (χ2v) is 11.2. The maximum absolute atomic E-state index is 6.19.